The number of carbonyl (C=O) groups is 1. The predicted octanol–water partition coefficient (Wildman–Crippen LogP) is 5.16. The van der Waals surface area contributed by atoms with Gasteiger partial charge >= 0.3 is 0 Å². The number of amides is 1. The van der Waals surface area contributed by atoms with E-state index in [-0.39, 0.29) is 12.2 Å². The molecule has 0 fully saturated rings. The monoisotopic (exact) mass is 471 g/mol. The average Bonchev–Trinajstić information content (AvgIpc) is 3.43. The Labute approximate surface area is 202 Å². The first-order valence-corrected chi connectivity index (χ1v) is 11.6. The van der Waals surface area contributed by atoms with Crippen LogP contribution in [0, 0.1) is 0 Å². The quantitative estimate of drug-likeness (QED) is 0.534. The van der Waals surface area contributed by atoms with Crippen LogP contribution < -0.4 is 14.4 Å². The number of anilines is 1. The number of rotatable bonds is 4. The number of aliphatic hydroxyl groups is 1. The molecule has 2 unspecified atom stereocenters. The molecule has 1 N–H and O–H groups in total. The van der Waals surface area contributed by atoms with Gasteiger partial charge in [0.2, 0.25) is 6.79 Å². The molecule has 1 aliphatic carbocycles. The summed E-state index contributed by atoms with van der Waals surface area (Å²) in [5.41, 5.74) is 2.75. The molecule has 6 rings (SSSR count). The van der Waals surface area contributed by atoms with Crippen LogP contribution in [0.2, 0.25) is 0 Å². The van der Waals surface area contributed by atoms with Crippen molar-refractivity contribution >= 4 is 23.2 Å². The molecule has 0 aromatic heterocycles. The number of fused-ring (bicyclic) bond motifs is 2. The highest BCUT2D eigenvalue weighted by Crippen LogP contribution is 2.48. The fraction of sp³-hybridized carbons (Fsp3) is 0.179. The Hall–Kier alpha value is -3.54. The summed E-state index contributed by atoms with van der Waals surface area (Å²) in [5, 5.41) is 12.0. The third-order valence-corrected chi connectivity index (χ3v) is 6.92. The summed E-state index contributed by atoms with van der Waals surface area (Å²) >= 11 is 6.18. The molecule has 34 heavy (non-hydrogen) atoms. The van der Waals surface area contributed by atoms with Crippen LogP contribution in [0.25, 0.3) is 11.1 Å². The zero-order valence-electron chi connectivity index (χ0n) is 18.3. The maximum atomic E-state index is 13.9. The topological polar surface area (TPSA) is 59.0 Å². The molecule has 1 amide bonds. The van der Waals surface area contributed by atoms with Crippen molar-refractivity contribution in [3.05, 3.63) is 102 Å². The minimum absolute atomic E-state index is 0.0377. The normalized spacial score (nSPS) is 22.6. The van der Waals surface area contributed by atoms with Gasteiger partial charge in [-0.2, -0.15) is 0 Å². The number of allylic oxidation sites excluding steroid dienone is 2. The van der Waals surface area contributed by atoms with E-state index >= 15 is 0 Å². The van der Waals surface area contributed by atoms with E-state index in [0.717, 1.165) is 16.7 Å². The van der Waals surface area contributed by atoms with Gasteiger partial charge in [-0.1, -0.05) is 60.7 Å². The predicted molar refractivity (Wildman–Crippen MR) is 131 cm³/mol. The van der Waals surface area contributed by atoms with E-state index in [0.29, 0.717) is 41.3 Å². The van der Waals surface area contributed by atoms with Crippen LogP contribution in [0.5, 0.6) is 11.5 Å². The highest BCUT2D eigenvalue weighted by atomic mass is 35.5. The van der Waals surface area contributed by atoms with Crippen LogP contribution in [-0.2, 0) is 10.4 Å². The summed E-state index contributed by atoms with van der Waals surface area (Å²) in [5.74, 6) is 0.721. The third-order valence-electron chi connectivity index (χ3n) is 6.59. The van der Waals surface area contributed by atoms with Crippen molar-refractivity contribution in [1.29, 1.82) is 0 Å². The van der Waals surface area contributed by atoms with Gasteiger partial charge < -0.3 is 19.5 Å². The Bertz CT molecular complexity index is 1350. The number of alkyl halides is 1. The van der Waals surface area contributed by atoms with E-state index in [1.54, 1.807) is 23.1 Å². The van der Waals surface area contributed by atoms with Gasteiger partial charge in [0.15, 0.2) is 17.1 Å². The molecule has 2 heterocycles. The van der Waals surface area contributed by atoms with E-state index in [9.17, 15) is 9.90 Å². The number of halogens is 1. The Morgan fingerprint density at radius 3 is 2.62 bits per heavy atom. The van der Waals surface area contributed by atoms with Crippen LogP contribution in [0.4, 0.5) is 5.69 Å². The number of carbonyl (C=O) groups excluding carboxylic acids is 1. The molecule has 0 radical (unpaired) electrons. The molecule has 6 heteroatoms. The van der Waals surface area contributed by atoms with E-state index in [1.165, 1.54) is 0 Å². The molecule has 170 valence electrons. The van der Waals surface area contributed by atoms with E-state index < -0.39 is 11.5 Å². The second-order valence-corrected chi connectivity index (χ2v) is 9.22. The van der Waals surface area contributed by atoms with Gasteiger partial charge in [-0.25, -0.2) is 0 Å². The molecule has 3 aliphatic rings. The Kier molecular flexibility index (Phi) is 4.97. The molecular weight excluding hydrogens is 450 g/mol. The Morgan fingerprint density at radius 2 is 1.82 bits per heavy atom. The second-order valence-electron chi connectivity index (χ2n) is 8.66. The highest BCUT2D eigenvalue weighted by Gasteiger charge is 2.51. The molecule has 0 bridgehead atoms. The van der Waals surface area contributed by atoms with Crippen LogP contribution in [0.3, 0.4) is 0 Å². The first kappa shape index (κ1) is 21.0. The Balaban J connectivity index is 1.48. The molecule has 3 aromatic rings. The molecule has 5 nitrogen and oxygen atoms in total. The number of ether oxygens (including phenoxy) is 2. The number of nitrogens with zero attached hydrogens (tertiary/aromatic N) is 1. The fourth-order valence-electron chi connectivity index (χ4n) is 4.79. The second kappa shape index (κ2) is 8.05. The van der Waals surface area contributed by atoms with Gasteiger partial charge in [-0.3, -0.25) is 4.79 Å². The fourth-order valence-corrected chi connectivity index (χ4v) is 4.95. The minimum atomic E-state index is -1.85. The maximum Gasteiger partial charge on any atom is 0.268 e. The lowest BCUT2D eigenvalue weighted by Gasteiger charge is -2.25. The van der Waals surface area contributed by atoms with E-state index in [2.05, 4.69) is 0 Å². The molecule has 0 saturated heterocycles. The standard InChI is InChI=1S/C28H22ClNO4/c29-22-10-6-18(7-11-22)16-30-24-12-8-20(19-4-2-1-3-5-19)14-23(24)28(32,27(30)31)21-9-13-25-26(15-21)34-17-33-25/h1-10,12-15,22,32H,11,16-17H2. The van der Waals surface area contributed by atoms with Gasteiger partial charge in [-0.05, 0) is 47.4 Å². The van der Waals surface area contributed by atoms with E-state index in [1.807, 2.05) is 66.8 Å². The highest BCUT2D eigenvalue weighted by molar-refractivity contribution is 6.22. The number of benzene rings is 3. The van der Waals surface area contributed by atoms with Crippen molar-refractivity contribution < 1.29 is 19.4 Å². The van der Waals surface area contributed by atoms with E-state index in [4.69, 9.17) is 21.1 Å². The van der Waals surface area contributed by atoms with Crippen LogP contribution >= 0.6 is 11.6 Å². The van der Waals surface area contributed by atoms with Crippen molar-refractivity contribution in [2.45, 2.75) is 17.4 Å². The SMILES string of the molecule is O=C1N(CC2=CCC(Cl)C=C2)c2ccc(-c3ccccc3)cc2C1(O)c1ccc2c(c1)OCO2. The number of hydrogen-bond acceptors (Lipinski definition) is 4. The molecule has 2 atom stereocenters. The van der Waals surface area contributed by atoms with Gasteiger partial charge in [0.1, 0.15) is 0 Å². The summed E-state index contributed by atoms with van der Waals surface area (Å²) in [6, 6.07) is 20.9. The van der Waals surface area contributed by atoms with Gasteiger partial charge in [0.05, 0.1) is 17.6 Å². The smallest absolute Gasteiger partial charge is 0.268 e. The van der Waals surface area contributed by atoms with Crippen molar-refractivity contribution in [2.75, 3.05) is 18.2 Å². The molecule has 2 aliphatic heterocycles. The first-order chi connectivity index (χ1) is 16.5. The van der Waals surface area contributed by atoms with Crippen molar-refractivity contribution in [2.24, 2.45) is 0 Å². The van der Waals surface area contributed by atoms with Gasteiger partial charge in [0.25, 0.3) is 5.91 Å². The zero-order chi connectivity index (χ0) is 23.3. The number of hydrogen-bond donors (Lipinski definition) is 1. The van der Waals surface area contributed by atoms with Crippen LogP contribution in [-0.4, -0.2) is 29.7 Å². The maximum absolute atomic E-state index is 13.9. The summed E-state index contributed by atoms with van der Waals surface area (Å²) in [7, 11) is 0. The molecule has 0 spiro atoms. The zero-order valence-corrected chi connectivity index (χ0v) is 19.0. The first-order valence-electron chi connectivity index (χ1n) is 11.2. The lowest BCUT2D eigenvalue weighted by molar-refractivity contribution is -0.132. The largest absolute Gasteiger partial charge is 0.454 e. The summed E-state index contributed by atoms with van der Waals surface area (Å²) < 4.78 is 11.0. The minimum Gasteiger partial charge on any atom is -0.454 e. The summed E-state index contributed by atoms with van der Waals surface area (Å²) in [6.45, 7) is 0.470. The average molecular weight is 472 g/mol. The van der Waals surface area contributed by atoms with Gasteiger partial charge in [0, 0.05) is 11.1 Å². The summed E-state index contributed by atoms with van der Waals surface area (Å²) in [6.07, 6.45) is 6.63. The van der Waals surface area contributed by atoms with Gasteiger partial charge in [-0.15, -0.1) is 11.6 Å². The lowest BCUT2D eigenvalue weighted by atomic mass is 9.86. The molecule has 0 saturated carbocycles. The van der Waals surface area contributed by atoms with Crippen molar-refractivity contribution in [3.8, 4) is 22.6 Å². The third kappa shape index (κ3) is 3.31. The van der Waals surface area contributed by atoms with Crippen LogP contribution in [0.15, 0.2) is 90.5 Å². The molecule has 3 aromatic carbocycles. The molecular formula is C28H22ClNO4. The lowest BCUT2D eigenvalue weighted by Crippen LogP contribution is -2.42. The van der Waals surface area contributed by atoms with Crippen LogP contribution in [0.1, 0.15) is 17.5 Å². The van der Waals surface area contributed by atoms with Crippen molar-refractivity contribution in [3.63, 3.8) is 0 Å². The van der Waals surface area contributed by atoms with Crippen molar-refractivity contribution in [1.82, 2.24) is 0 Å². The Morgan fingerprint density at radius 1 is 1.00 bits per heavy atom. The summed E-state index contributed by atoms with van der Waals surface area (Å²) in [4.78, 5) is 15.5.